The highest BCUT2D eigenvalue weighted by Gasteiger charge is 2.27. The molecule has 4 aromatic carbocycles. The van der Waals surface area contributed by atoms with Crippen molar-refractivity contribution >= 4 is 16.8 Å². The predicted molar refractivity (Wildman–Crippen MR) is 170 cm³/mol. The molecule has 1 unspecified atom stereocenters. The van der Waals surface area contributed by atoms with Gasteiger partial charge < -0.3 is 14.6 Å². The lowest BCUT2D eigenvalue weighted by Gasteiger charge is -2.35. The van der Waals surface area contributed by atoms with Crippen LogP contribution in [0.25, 0.3) is 10.9 Å². The lowest BCUT2D eigenvalue weighted by atomic mass is 9.87. The van der Waals surface area contributed by atoms with Crippen LogP contribution in [0.4, 0.5) is 0 Å². The maximum absolute atomic E-state index is 13.9. The summed E-state index contributed by atoms with van der Waals surface area (Å²) in [7, 11) is 0. The van der Waals surface area contributed by atoms with Crippen molar-refractivity contribution in [2.24, 2.45) is 0 Å². The summed E-state index contributed by atoms with van der Waals surface area (Å²) in [6, 6.07) is 35.6. The van der Waals surface area contributed by atoms with E-state index in [0.29, 0.717) is 13.0 Å². The first-order valence-electron chi connectivity index (χ1n) is 15.1. The number of carbonyl (C=O) groups excluding carboxylic acids is 1. The monoisotopic (exact) mass is 557 g/mol. The molecule has 6 rings (SSSR count). The van der Waals surface area contributed by atoms with Gasteiger partial charge in [0, 0.05) is 62.2 Å². The first-order valence-corrected chi connectivity index (χ1v) is 15.1. The Morgan fingerprint density at radius 2 is 1.55 bits per heavy atom. The predicted octanol–water partition coefficient (Wildman–Crippen LogP) is 7.18. The van der Waals surface area contributed by atoms with Crippen LogP contribution in [0, 0.1) is 0 Å². The number of amides is 1. The molecule has 1 N–H and O–H groups in total. The molecule has 0 radical (unpaired) electrons. The van der Waals surface area contributed by atoms with Crippen LogP contribution < -0.4 is 4.74 Å². The van der Waals surface area contributed by atoms with Gasteiger partial charge in [-0.3, -0.25) is 9.69 Å². The third kappa shape index (κ3) is 6.42. The lowest BCUT2D eigenvalue weighted by molar-refractivity contribution is -0.133. The molecule has 1 amide bonds. The van der Waals surface area contributed by atoms with Crippen LogP contribution >= 0.6 is 0 Å². The number of H-pyrrole nitrogens is 1. The van der Waals surface area contributed by atoms with Crippen molar-refractivity contribution in [3.05, 3.63) is 137 Å². The van der Waals surface area contributed by atoms with Crippen LogP contribution in [0.15, 0.2) is 109 Å². The lowest BCUT2D eigenvalue weighted by Crippen LogP contribution is -2.48. The Bertz CT molecular complexity index is 1600. The molecule has 42 heavy (non-hydrogen) atoms. The summed E-state index contributed by atoms with van der Waals surface area (Å²) in [5.74, 6) is 0.939. The maximum Gasteiger partial charge on any atom is 0.223 e. The Labute approximate surface area is 248 Å². The number of aromatic nitrogens is 1. The second-order valence-corrected chi connectivity index (χ2v) is 11.2. The van der Waals surface area contributed by atoms with E-state index in [1.54, 1.807) is 0 Å². The third-order valence-electron chi connectivity index (χ3n) is 8.45. The van der Waals surface area contributed by atoms with E-state index in [1.807, 2.05) is 30.3 Å². The van der Waals surface area contributed by atoms with Gasteiger partial charge in [-0.1, -0.05) is 97.9 Å². The average molecular weight is 558 g/mol. The molecule has 0 aliphatic carbocycles. The Morgan fingerprint density at radius 1 is 0.833 bits per heavy atom. The molecule has 1 aliphatic heterocycles. The molecule has 1 atom stereocenters. The van der Waals surface area contributed by atoms with E-state index in [-0.39, 0.29) is 11.8 Å². The van der Waals surface area contributed by atoms with Gasteiger partial charge in [0.25, 0.3) is 0 Å². The average Bonchev–Trinajstić information content (AvgIpc) is 3.48. The normalized spacial score (nSPS) is 14.6. The summed E-state index contributed by atoms with van der Waals surface area (Å²) in [6.45, 7) is 6.91. The van der Waals surface area contributed by atoms with Crippen molar-refractivity contribution in [2.75, 3.05) is 26.2 Å². The highest BCUT2D eigenvalue weighted by molar-refractivity contribution is 5.88. The first-order chi connectivity index (χ1) is 20.7. The van der Waals surface area contributed by atoms with Crippen LogP contribution in [0.3, 0.4) is 0 Å². The third-order valence-corrected chi connectivity index (χ3v) is 8.45. The number of para-hydroxylation sites is 1. The summed E-state index contributed by atoms with van der Waals surface area (Å²) in [6.07, 6.45) is 3.48. The van der Waals surface area contributed by atoms with Gasteiger partial charge in [-0.2, -0.15) is 0 Å². The highest BCUT2D eigenvalue weighted by atomic mass is 16.5. The van der Waals surface area contributed by atoms with Gasteiger partial charge in [-0.15, -0.1) is 0 Å². The summed E-state index contributed by atoms with van der Waals surface area (Å²) in [4.78, 5) is 21.9. The number of rotatable bonds is 10. The number of ether oxygens (including phenoxy) is 1. The molecule has 5 aromatic rings. The molecule has 214 valence electrons. The second kappa shape index (κ2) is 13.1. The number of hydrogen-bond acceptors (Lipinski definition) is 3. The van der Waals surface area contributed by atoms with Crippen LogP contribution in [0.5, 0.6) is 5.75 Å². The Kier molecular flexibility index (Phi) is 8.67. The van der Waals surface area contributed by atoms with Crippen LogP contribution in [-0.4, -0.2) is 46.9 Å². The maximum atomic E-state index is 13.9. The minimum absolute atomic E-state index is 0.0824. The number of aryl methyl sites for hydroxylation is 1. The van der Waals surface area contributed by atoms with Crippen molar-refractivity contribution in [2.45, 2.75) is 38.8 Å². The van der Waals surface area contributed by atoms with Gasteiger partial charge in [-0.05, 0) is 46.4 Å². The number of piperazine rings is 1. The number of carbonyl (C=O) groups is 1. The fraction of sp³-hybridized carbons (Fsp3) is 0.270. The van der Waals surface area contributed by atoms with E-state index in [1.165, 1.54) is 22.0 Å². The van der Waals surface area contributed by atoms with Crippen LogP contribution in [0.2, 0.25) is 0 Å². The number of nitrogens with one attached hydrogen (secondary N) is 1. The van der Waals surface area contributed by atoms with Crippen molar-refractivity contribution in [1.29, 1.82) is 0 Å². The number of fused-ring (bicyclic) bond motifs is 1. The minimum Gasteiger partial charge on any atom is -0.489 e. The highest BCUT2D eigenvalue weighted by Crippen LogP contribution is 2.36. The van der Waals surface area contributed by atoms with Crippen molar-refractivity contribution in [3.8, 4) is 5.75 Å². The van der Waals surface area contributed by atoms with E-state index in [0.717, 1.165) is 61.6 Å². The molecule has 0 spiro atoms. The quantitative estimate of drug-likeness (QED) is 0.198. The Morgan fingerprint density at radius 3 is 2.29 bits per heavy atom. The summed E-state index contributed by atoms with van der Waals surface area (Å²) >= 11 is 0. The largest absolute Gasteiger partial charge is 0.489 e. The Balaban J connectivity index is 1.22. The van der Waals surface area contributed by atoms with E-state index in [9.17, 15) is 4.79 Å². The molecule has 1 aliphatic rings. The molecule has 1 fully saturated rings. The molecular weight excluding hydrogens is 518 g/mol. The molecule has 5 heteroatoms. The van der Waals surface area contributed by atoms with E-state index >= 15 is 0 Å². The molecular formula is C37H39N3O2. The fourth-order valence-corrected chi connectivity index (χ4v) is 6.09. The fourth-order valence-electron chi connectivity index (χ4n) is 6.09. The topological polar surface area (TPSA) is 48.6 Å². The SMILES string of the molecule is CCc1cccc2c(C(CC(=O)N3CCN(Cc4ccccc4)CC3)c3cccc(OCc4ccccc4)c3)c[nH]c12. The van der Waals surface area contributed by atoms with E-state index in [4.69, 9.17) is 4.74 Å². The summed E-state index contributed by atoms with van der Waals surface area (Å²) < 4.78 is 6.20. The Hall–Kier alpha value is -4.35. The zero-order valence-corrected chi connectivity index (χ0v) is 24.3. The zero-order valence-electron chi connectivity index (χ0n) is 24.3. The summed E-state index contributed by atoms with van der Waals surface area (Å²) in [5, 5.41) is 1.19. The molecule has 0 bridgehead atoms. The van der Waals surface area contributed by atoms with Crippen molar-refractivity contribution in [1.82, 2.24) is 14.8 Å². The van der Waals surface area contributed by atoms with E-state index < -0.39 is 0 Å². The molecule has 2 heterocycles. The standard InChI is InChI=1S/C37H39N3O2/c1-2-30-15-10-18-33-35(25-38-37(30)33)34(31-16-9-17-32(23-31)42-27-29-13-7-4-8-14-29)24-36(41)40-21-19-39(20-22-40)26-28-11-5-3-6-12-28/h3-18,23,25,34,38H,2,19-22,24,26-27H2,1H3. The van der Waals surface area contributed by atoms with Gasteiger partial charge >= 0.3 is 0 Å². The van der Waals surface area contributed by atoms with Gasteiger partial charge in [-0.25, -0.2) is 0 Å². The molecule has 1 saturated heterocycles. The number of aromatic amines is 1. The zero-order chi connectivity index (χ0) is 28.7. The molecule has 0 saturated carbocycles. The number of nitrogens with zero attached hydrogens (tertiary/aromatic N) is 2. The number of benzene rings is 4. The second-order valence-electron chi connectivity index (χ2n) is 11.2. The first kappa shape index (κ1) is 27.8. The van der Waals surface area contributed by atoms with E-state index in [2.05, 4.69) is 101 Å². The van der Waals surface area contributed by atoms with Crippen molar-refractivity contribution < 1.29 is 9.53 Å². The molecule has 5 nitrogen and oxygen atoms in total. The smallest absolute Gasteiger partial charge is 0.223 e. The van der Waals surface area contributed by atoms with Crippen LogP contribution in [0.1, 0.15) is 47.1 Å². The van der Waals surface area contributed by atoms with Gasteiger partial charge in [0.05, 0.1) is 0 Å². The minimum atomic E-state index is -0.0824. The van der Waals surface area contributed by atoms with Gasteiger partial charge in [0.1, 0.15) is 12.4 Å². The molecule has 1 aromatic heterocycles. The van der Waals surface area contributed by atoms with Crippen LogP contribution in [-0.2, 0) is 24.4 Å². The van der Waals surface area contributed by atoms with Gasteiger partial charge in [0.15, 0.2) is 0 Å². The van der Waals surface area contributed by atoms with Gasteiger partial charge in [0.2, 0.25) is 5.91 Å². The van der Waals surface area contributed by atoms with Crippen molar-refractivity contribution in [3.63, 3.8) is 0 Å². The number of hydrogen-bond donors (Lipinski definition) is 1. The summed E-state index contributed by atoms with van der Waals surface area (Å²) in [5.41, 5.74) is 7.16.